The Balaban J connectivity index is 1.07. The van der Waals surface area contributed by atoms with Crippen molar-refractivity contribution in [1.82, 2.24) is 20.4 Å². The minimum absolute atomic E-state index is 0.0271. The van der Waals surface area contributed by atoms with Crippen LogP contribution in [0, 0.1) is 11.7 Å². The molecular weight excluding hydrogens is 433 g/mol. The third kappa shape index (κ3) is 5.28. The maximum atomic E-state index is 13.1. The highest BCUT2D eigenvalue weighted by molar-refractivity contribution is 5.78. The lowest BCUT2D eigenvalue weighted by Gasteiger charge is -2.31. The molecule has 3 aromatic rings. The van der Waals surface area contributed by atoms with E-state index in [2.05, 4.69) is 49.5 Å². The zero-order chi connectivity index (χ0) is 23.3. The van der Waals surface area contributed by atoms with Crippen LogP contribution in [-0.2, 0) is 17.8 Å². The Hall–Kier alpha value is -3.26. The molecule has 8 heteroatoms. The molecule has 1 atom stereocenters. The Bertz CT molecular complexity index is 1120. The Morgan fingerprint density at radius 3 is 2.88 bits per heavy atom. The maximum absolute atomic E-state index is 13.1. The summed E-state index contributed by atoms with van der Waals surface area (Å²) >= 11 is 0. The van der Waals surface area contributed by atoms with Gasteiger partial charge in [-0.2, -0.15) is 4.98 Å². The topological polar surface area (TPSA) is 74.5 Å². The Kier molecular flexibility index (Phi) is 6.85. The summed E-state index contributed by atoms with van der Waals surface area (Å²) in [4.78, 5) is 21.8. The van der Waals surface area contributed by atoms with E-state index in [1.165, 1.54) is 23.4 Å². The monoisotopic (exact) mass is 463 g/mol. The Morgan fingerprint density at radius 1 is 1.15 bits per heavy atom. The van der Waals surface area contributed by atoms with Crippen molar-refractivity contribution in [3.05, 3.63) is 65.8 Å². The molecule has 2 aromatic carbocycles. The van der Waals surface area contributed by atoms with Crippen molar-refractivity contribution in [2.24, 2.45) is 5.92 Å². The number of carbonyl (C=O) groups is 1. The lowest BCUT2D eigenvalue weighted by molar-refractivity contribution is -0.126. The lowest BCUT2D eigenvalue weighted by Crippen LogP contribution is -2.43. The number of anilines is 1. The van der Waals surface area contributed by atoms with Gasteiger partial charge in [-0.1, -0.05) is 23.4 Å². The standard InChI is InChI=1S/C26H30FN5O2/c27-22-10-8-20(9-11-22)25-29-24(34-30-25)18-31-14-3-6-21(17-31)26(33)28-13-4-15-32-16-12-19-5-1-2-7-23(19)32/h1-2,5,7-11,21H,3-4,6,12-18H2,(H,28,33). The average Bonchev–Trinajstić information content (AvgIpc) is 3.50. The van der Waals surface area contributed by atoms with Crippen molar-refractivity contribution in [3.8, 4) is 11.4 Å². The molecule has 2 aliphatic heterocycles. The van der Waals surface area contributed by atoms with E-state index in [0.29, 0.717) is 36.9 Å². The summed E-state index contributed by atoms with van der Waals surface area (Å²) in [6, 6.07) is 14.6. The third-order valence-corrected chi connectivity index (χ3v) is 6.69. The number of nitrogens with zero attached hydrogens (tertiary/aromatic N) is 4. The van der Waals surface area contributed by atoms with Gasteiger partial charge < -0.3 is 14.7 Å². The van der Waals surface area contributed by atoms with Crippen LogP contribution in [0.1, 0.15) is 30.7 Å². The van der Waals surface area contributed by atoms with E-state index in [-0.39, 0.29) is 17.6 Å². The van der Waals surface area contributed by atoms with Crippen LogP contribution in [0.15, 0.2) is 53.1 Å². The van der Waals surface area contributed by atoms with Gasteiger partial charge in [0.05, 0.1) is 12.5 Å². The number of hydrogen-bond donors (Lipinski definition) is 1. The molecule has 1 saturated heterocycles. The largest absolute Gasteiger partial charge is 0.371 e. The molecule has 0 radical (unpaired) electrons. The summed E-state index contributed by atoms with van der Waals surface area (Å²) in [7, 11) is 0. The maximum Gasteiger partial charge on any atom is 0.241 e. The lowest BCUT2D eigenvalue weighted by atomic mass is 9.97. The van der Waals surface area contributed by atoms with Crippen LogP contribution in [-0.4, -0.2) is 53.7 Å². The number of aromatic nitrogens is 2. The van der Waals surface area contributed by atoms with Gasteiger partial charge >= 0.3 is 0 Å². The zero-order valence-electron chi connectivity index (χ0n) is 19.3. The van der Waals surface area contributed by atoms with Crippen LogP contribution < -0.4 is 10.2 Å². The zero-order valence-corrected chi connectivity index (χ0v) is 19.3. The number of rotatable bonds is 8. The van der Waals surface area contributed by atoms with Crippen molar-refractivity contribution in [2.75, 3.05) is 37.6 Å². The number of likely N-dealkylation sites (tertiary alicyclic amines) is 1. The second kappa shape index (κ2) is 10.3. The number of benzene rings is 2. The fraction of sp³-hybridized carbons (Fsp3) is 0.423. The summed E-state index contributed by atoms with van der Waals surface area (Å²) in [6.07, 6.45) is 3.89. The normalized spacial score (nSPS) is 18.1. The predicted molar refractivity (Wildman–Crippen MR) is 128 cm³/mol. The summed E-state index contributed by atoms with van der Waals surface area (Å²) in [5.41, 5.74) is 3.46. The number of halogens is 1. The van der Waals surface area contributed by atoms with Crippen molar-refractivity contribution in [1.29, 1.82) is 0 Å². The Morgan fingerprint density at radius 2 is 2.00 bits per heavy atom. The fourth-order valence-electron chi connectivity index (χ4n) is 4.90. The second-order valence-corrected chi connectivity index (χ2v) is 9.10. The molecule has 1 unspecified atom stereocenters. The molecule has 1 N–H and O–H groups in total. The van der Waals surface area contributed by atoms with Crippen LogP contribution in [0.3, 0.4) is 0 Å². The van der Waals surface area contributed by atoms with E-state index in [1.807, 2.05) is 0 Å². The second-order valence-electron chi connectivity index (χ2n) is 9.10. The van der Waals surface area contributed by atoms with Crippen LogP contribution in [0.25, 0.3) is 11.4 Å². The Labute approximate surface area is 198 Å². The molecule has 7 nitrogen and oxygen atoms in total. The highest BCUT2D eigenvalue weighted by Gasteiger charge is 2.27. The smallest absolute Gasteiger partial charge is 0.241 e. The van der Waals surface area contributed by atoms with Crippen molar-refractivity contribution in [3.63, 3.8) is 0 Å². The SMILES string of the molecule is O=C(NCCCN1CCc2ccccc21)C1CCCN(Cc2nc(-c3ccc(F)cc3)no2)C1. The first-order chi connectivity index (χ1) is 16.7. The first-order valence-electron chi connectivity index (χ1n) is 12.1. The first-order valence-corrected chi connectivity index (χ1v) is 12.1. The van der Waals surface area contributed by atoms with Gasteiger partial charge in [0.2, 0.25) is 17.6 Å². The van der Waals surface area contributed by atoms with Crippen molar-refractivity contribution < 1.29 is 13.7 Å². The van der Waals surface area contributed by atoms with E-state index in [9.17, 15) is 9.18 Å². The van der Waals surface area contributed by atoms with Gasteiger partial charge in [0.25, 0.3) is 0 Å². The first kappa shape index (κ1) is 22.5. The van der Waals surface area contributed by atoms with E-state index in [4.69, 9.17) is 4.52 Å². The minimum Gasteiger partial charge on any atom is -0.371 e. The number of nitrogens with one attached hydrogen (secondary N) is 1. The van der Waals surface area contributed by atoms with Crippen molar-refractivity contribution in [2.45, 2.75) is 32.2 Å². The minimum atomic E-state index is -0.300. The molecule has 2 aliphatic rings. The van der Waals surface area contributed by atoms with Crippen molar-refractivity contribution >= 4 is 11.6 Å². The highest BCUT2D eigenvalue weighted by Crippen LogP contribution is 2.27. The van der Waals surface area contributed by atoms with Gasteiger partial charge in [0.15, 0.2) is 0 Å². The molecule has 0 saturated carbocycles. The number of piperidine rings is 1. The van der Waals surface area contributed by atoms with Gasteiger partial charge in [-0.15, -0.1) is 0 Å². The number of fused-ring (bicyclic) bond motifs is 1. The third-order valence-electron chi connectivity index (χ3n) is 6.69. The van der Waals surface area contributed by atoms with Crippen LogP contribution in [0.2, 0.25) is 0 Å². The van der Waals surface area contributed by atoms with E-state index >= 15 is 0 Å². The summed E-state index contributed by atoms with van der Waals surface area (Å²) in [6.45, 7) is 4.79. The van der Waals surface area contributed by atoms with Crippen LogP contribution >= 0.6 is 0 Å². The summed E-state index contributed by atoms with van der Waals surface area (Å²) in [5.74, 6) is 0.754. The number of carbonyl (C=O) groups excluding carboxylic acids is 1. The van der Waals surface area contributed by atoms with Gasteiger partial charge in [-0.05, 0) is 68.1 Å². The molecule has 1 aromatic heterocycles. The quantitative estimate of drug-likeness (QED) is 0.514. The molecule has 5 rings (SSSR count). The van der Waals surface area contributed by atoms with Gasteiger partial charge in [0, 0.05) is 37.4 Å². The number of para-hydroxylation sites is 1. The van der Waals surface area contributed by atoms with E-state index in [0.717, 1.165) is 45.3 Å². The fourth-order valence-corrected chi connectivity index (χ4v) is 4.90. The molecule has 178 valence electrons. The molecule has 0 aliphatic carbocycles. The molecule has 34 heavy (non-hydrogen) atoms. The average molecular weight is 464 g/mol. The van der Waals surface area contributed by atoms with E-state index in [1.54, 1.807) is 12.1 Å². The molecule has 0 bridgehead atoms. The molecule has 1 amide bonds. The van der Waals surface area contributed by atoms with Gasteiger partial charge in [-0.25, -0.2) is 4.39 Å². The highest BCUT2D eigenvalue weighted by atomic mass is 19.1. The molecule has 3 heterocycles. The van der Waals surface area contributed by atoms with Crippen LogP contribution in [0.4, 0.5) is 10.1 Å². The van der Waals surface area contributed by atoms with Crippen LogP contribution in [0.5, 0.6) is 0 Å². The van der Waals surface area contributed by atoms with Gasteiger partial charge in [-0.3, -0.25) is 9.69 Å². The predicted octanol–water partition coefficient (Wildman–Crippen LogP) is 3.66. The summed E-state index contributed by atoms with van der Waals surface area (Å²) in [5, 5.41) is 7.15. The molecule has 0 spiro atoms. The number of amides is 1. The van der Waals surface area contributed by atoms with Gasteiger partial charge in [0.1, 0.15) is 5.82 Å². The van der Waals surface area contributed by atoms with E-state index < -0.39 is 0 Å². The summed E-state index contributed by atoms with van der Waals surface area (Å²) < 4.78 is 18.5. The number of hydrogen-bond acceptors (Lipinski definition) is 6. The molecule has 1 fully saturated rings. The molecular formula is C26H30FN5O2.